The molecule has 0 spiro atoms. The summed E-state index contributed by atoms with van der Waals surface area (Å²) in [6.07, 6.45) is 4.93. The molecule has 1 aliphatic heterocycles. The maximum Gasteiger partial charge on any atom is 0.410 e. The second-order valence-electron chi connectivity index (χ2n) is 8.39. The summed E-state index contributed by atoms with van der Waals surface area (Å²) >= 11 is 0. The fourth-order valence-corrected chi connectivity index (χ4v) is 3.08. The van der Waals surface area contributed by atoms with Crippen LogP contribution < -0.4 is 5.32 Å². The Kier molecular flexibility index (Phi) is 5.53. The Hall–Kier alpha value is -2.37. The molecule has 146 valence electrons. The second-order valence-corrected chi connectivity index (χ2v) is 8.39. The van der Waals surface area contributed by atoms with Crippen LogP contribution in [0.1, 0.15) is 61.8 Å². The number of amides is 2. The molecule has 0 aromatic carbocycles. The zero-order valence-corrected chi connectivity index (χ0v) is 16.7. The summed E-state index contributed by atoms with van der Waals surface area (Å²) in [5.41, 5.74) is 3.01. The minimum Gasteiger partial charge on any atom is -0.444 e. The van der Waals surface area contributed by atoms with E-state index in [2.05, 4.69) is 10.3 Å². The third-order valence-corrected chi connectivity index (χ3v) is 4.77. The van der Waals surface area contributed by atoms with Gasteiger partial charge >= 0.3 is 6.09 Å². The van der Waals surface area contributed by atoms with Gasteiger partial charge in [0.1, 0.15) is 11.3 Å². The Morgan fingerprint density at radius 2 is 2.04 bits per heavy atom. The van der Waals surface area contributed by atoms with Crippen molar-refractivity contribution in [2.45, 2.75) is 52.6 Å². The van der Waals surface area contributed by atoms with E-state index in [9.17, 15) is 9.59 Å². The van der Waals surface area contributed by atoms with E-state index in [4.69, 9.17) is 4.74 Å². The Bertz CT molecular complexity index is 760. The van der Waals surface area contributed by atoms with Crippen molar-refractivity contribution in [2.24, 2.45) is 5.92 Å². The first-order valence-corrected chi connectivity index (χ1v) is 9.66. The monoisotopic (exact) mass is 371 g/mol. The molecule has 2 amide bonds. The predicted octanol–water partition coefficient (Wildman–Crippen LogP) is 3.55. The van der Waals surface area contributed by atoms with Crippen LogP contribution in [0.3, 0.4) is 0 Å². The minimum atomic E-state index is -0.489. The number of carbonyl (C=O) groups is 2. The lowest BCUT2D eigenvalue weighted by molar-refractivity contribution is 0.0270. The fraction of sp³-hybridized carbons (Fsp3) is 0.571. The Labute approximate surface area is 161 Å². The number of carbonyl (C=O) groups excluding carboxylic acids is 2. The van der Waals surface area contributed by atoms with Gasteiger partial charge in [-0.05, 0) is 70.1 Å². The molecule has 2 heterocycles. The van der Waals surface area contributed by atoms with Crippen molar-refractivity contribution < 1.29 is 14.3 Å². The van der Waals surface area contributed by atoms with Crippen molar-refractivity contribution in [3.63, 3.8) is 0 Å². The quantitative estimate of drug-likeness (QED) is 0.878. The fourth-order valence-electron chi connectivity index (χ4n) is 3.08. The van der Waals surface area contributed by atoms with Crippen LogP contribution >= 0.6 is 0 Å². The minimum absolute atomic E-state index is 0.106. The first-order chi connectivity index (χ1) is 12.7. The van der Waals surface area contributed by atoms with E-state index in [1.165, 1.54) is 12.8 Å². The van der Waals surface area contributed by atoms with E-state index in [1.807, 2.05) is 39.8 Å². The number of hydrogen-bond donors (Lipinski definition) is 1. The molecular weight excluding hydrogens is 342 g/mol. The molecule has 2 aliphatic rings. The molecule has 0 bridgehead atoms. The van der Waals surface area contributed by atoms with Gasteiger partial charge in [0.2, 0.25) is 0 Å². The van der Waals surface area contributed by atoms with Crippen LogP contribution in [0.2, 0.25) is 0 Å². The van der Waals surface area contributed by atoms with E-state index in [1.54, 1.807) is 11.0 Å². The number of aromatic nitrogens is 1. The zero-order valence-electron chi connectivity index (χ0n) is 16.7. The second kappa shape index (κ2) is 7.71. The van der Waals surface area contributed by atoms with E-state index < -0.39 is 5.60 Å². The summed E-state index contributed by atoms with van der Waals surface area (Å²) in [6.45, 7) is 9.41. The van der Waals surface area contributed by atoms with Gasteiger partial charge in [-0.1, -0.05) is 12.1 Å². The van der Waals surface area contributed by atoms with Crippen molar-refractivity contribution in [3.8, 4) is 0 Å². The number of rotatable bonds is 4. The van der Waals surface area contributed by atoms with Crippen LogP contribution in [0.5, 0.6) is 0 Å². The summed E-state index contributed by atoms with van der Waals surface area (Å²) < 4.78 is 5.43. The Morgan fingerprint density at radius 1 is 1.30 bits per heavy atom. The average molecular weight is 371 g/mol. The number of aryl methyl sites for hydroxylation is 1. The topological polar surface area (TPSA) is 71.5 Å². The molecule has 6 nitrogen and oxygen atoms in total. The van der Waals surface area contributed by atoms with Crippen molar-refractivity contribution in [3.05, 3.63) is 35.2 Å². The number of hydrogen-bond acceptors (Lipinski definition) is 4. The normalized spacial score (nSPS) is 17.3. The van der Waals surface area contributed by atoms with Crippen molar-refractivity contribution >= 4 is 17.6 Å². The summed E-state index contributed by atoms with van der Waals surface area (Å²) in [6, 6.07) is 3.75. The molecule has 0 atom stereocenters. The van der Waals surface area contributed by atoms with Gasteiger partial charge in [0.25, 0.3) is 5.91 Å². The lowest BCUT2D eigenvalue weighted by atomic mass is 9.98. The first-order valence-electron chi connectivity index (χ1n) is 9.66. The highest BCUT2D eigenvalue weighted by Crippen LogP contribution is 2.28. The van der Waals surface area contributed by atoms with Crippen LogP contribution in [-0.2, 0) is 4.74 Å². The molecule has 1 saturated carbocycles. The van der Waals surface area contributed by atoms with Gasteiger partial charge in [-0.15, -0.1) is 0 Å². The van der Waals surface area contributed by atoms with Crippen LogP contribution in [-0.4, -0.2) is 47.1 Å². The molecule has 1 fully saturated rings. The molecule has 0 saturated heterocycles. The maximum atomic E-state index is 12.2. The summed E-state index contributed by atoms with van der Waals surface area (Å²) in [5, 5.41) is 2.95. The number of nitrogens with zero attached hydrogens (tertiary/aromatic N) is 2. The van der Waals surface area contributed by atoms with Crippen molar-refractivity contribution in [2.75, 3.05) is 19.6 Å². The molecule has 6 heteroatoms. The third-order valence-electron chi connectivity index (χ3n) is 4.77. The number of ether oxygens (including phenoxy) is 1. The molecule has 1 aromatic heterocycles. The van der Waals surface area contributed by atoms with Gasteiger partial charge in [0.05, 0.1) is 0 Å². The van der Waals surface area contributed by atoms with Gasteiger partial charge in [0.15, 0.2) is 0 Å². The summed E-state index contributed by atoms with van der Waals surface area (Å²) in [7, 11) is 0. The molecule has 27 heavy (non-hydrogen) atoms. The van der Waals surface area contributed by atoms with Crippen LogP contribution in [0, 0.1) is 12.8 Å². The van der Waals surface area contributed by atoms with E-state index in [0.717, 1.165) is 29.8 Å². The largest absolute Gasteiger partial charge is 0.444 e. The highest BCUT2D eigenvalue weighted by atomic mass is 16.6. The third kappa shape index (κ3) is 5.31. The molecule has 1 N–H and O–H groups in total. The summed E-state index contributed by atoms with van der Waals surface area (Å²) in [5.74, 6) is 0.542. The van der Waals surface area contributed by atoms with E-state index in [-0.39, 0.29) is 12.0 Å². The SMILES string of the molecule is Cc1nc(C(=O)NCC2CC2)ccc1C1=CCN(C(=O)OC(C)(C)C)CC1. The molecule has 0 unspecified atom stereocenters. The lowest BCUT2D eigenvalue weighted by Crippen LogP contribution is -2.39. The lowest BCUT2D eigenvalue weighted by Gasteiger charge is -2.29. The molecule has 1 aromatic rings. The highest BCUT2D eigenvalue weighted by Gasteiger charge is 2.25. The van der Waals surface area contributed by atoms with E-state index in [0.29, 0.717) is 24.7 Å². The molecule has 1 aliphatic carbocycles. The van der Waals surface area contributed by atoms with Gasteiger partial charge in [-0.25, -0.2) is 9.78 Å². The van der Waals surface area contributed by atoms with Crippen LogP contribution in [0.25, 0.3) is 5.57 Å². The predicted molar refractivity (Wildman–Crippen MR) is 104 cm³/mol. The van der Waals surface area contributed by atoms with Gasteiger partial charge < -0.3 is 15.0 Å². The van der Waals surface area contributed by atoms with Crippen molar-refractivity contribution in [1.82, 2.24) is 15.2 Å². The standard InChI is InChI=1S/C21H29N3O3/c1-14-17(7-8-18(23-14)19(25)22-13-15-5-6-15)16-9-11-24(12-10-16)20(26)27-21(2,3)4/h7-9,15H,5-6,10-13H2,1-4H3,(H,22,25). The summed E-state index contributed by atoms with van der Waals surface area (Å²) in [4.78, 5) is 30.6. The average Bonchev–Trinajstić information content (AvgIpc) is 3.42. The zero-order chi connectivity index (χ0) is 19.6. The number of pyridine rings is 1. The maximum absolute atomic E-state index is 12.2. The van der Waals surface area contributed by atoms with Crippen LogP contribution in [0.15, 0.2) is 18.2 Å². The molecule has 0 radical (unpaired) electrons. The van der Waals surface area contributed by atoms with Gasteiger partial charge in [-0.2, -0.15) is 0 Å². The van der Waals surface area contributed by atoms with Gasteiger partial charge in [-0.3, -0.25) is 4.79 Å². The Balaban J connectivity index is 1.62. The van der Waals surface area contributed by atoms with Crippen LogP contribution in [0.4, 0.5) is 4.79 Å². The van der Waals surface area contributed by atoms with Gasteiger partial charge in [0, 0.05) is 25.3 Å². The smallest absolute Gasteiger partial charge is 0.410 e. The Morgan fingerprint density at radius 3 is 2.59 bits per heavy atom. The first kappa shape index (κ1) is 19.4. The van der Waals surface area contributed by atoms with Crippen molar-refractivity contribution in [1.29, 1.82) is 0 Å². The molecule has 3 rings (SSSR count). The van der Waals surface area contributed by atoms with E-state index >= 15 is 0 Å². The highest BCUT2D eigenvalue weighted by molar-refractivity contribution is 5.92. The molecular formula is C21H29N3O3. The number of nitrogens with one attached hydrogen (secondary N) is 1.